The van der Waals surface area contributed by atoms with Crippen LogP contribution in [0.2, 0.25) is 0 Å². The monoisotopic (exact) mass is 323 g/mol. The lowest BCUT2D eigenvalue weighted by molar-refractivity contribution is 0.0785. The highest BCUT2D eigenvalue weighted by Gasteiger charge is 2.12. The first-order valence-corrected chi connectivity index (χ1v) is 7.64. The number of carbonyl (C=O) groups excluding carboxylic acids is 1. The zero-order chi connectivity index (χ0) is 17.1. The van der Waals surface area contributed by atoms with E-state index in [1.165, 1.54) is 12.1 Å². The zero-order valence-corrected chi connectivity index (χ0v) is 13.6. The second-order valence-electron chi connectivity index (χ2n) is 5.80. The molecular weight excluding hydrogens is 305 g/mol. The predicted molar refractivity (Wildman–Crippen MR) is 90.5 cm³/mol. The molecule has 0 fully saturated rings. The highest BCUT2D eigenvalue weighted by Crippen LogP contribution is 2.13. The molecule has 0 spiro atoms. The molecule has 0 radical (unpaired) electrons. The van der Waals surface area contributed by atoms with Crippen molar-refractivity contribution in [1.82, 2.24) is 14.7 Å². The fourth-order valence-corrected chi connectivity index (χ4v) is 2.51. The third kappa shape index (κ3) is 3.51. The van der Waals surface area contributed by atoms with Crippen molar-refractivity contribution >= 4 is 5.91 Å². The van der Waals surface area contributed by atoms with Crippen molar-refractivity contribution in [2.24, 2.45) is 0 Å². The van der Waals surface area contributed by atoms with Crippen LogP contribution >= 0.6 is 0 Å². The summed E-state index contributed by atoms with van der Waals surface area (Å²) in [4.78, 5) is 14.1. The van der Waals surface area contributed by atoms with Crippen LogP contribution in [0.15, 0.2) is 60.9 Å². The van der Waals surface area contributed by atoms with Crippen molar-refractivity contribution in [1.29, 1.82) is 0 Å². The van der Waals surface area contributed by atoms with Crippen LogP contribution in [0.1, 0.15) is 21.5 Å². The Hall–Kier alpha value is -2.95. The lowest BCUT2D eigenvalue weighted by atomic mass is 10.1. The normalized spacial score (nSPS) is 10.6. The van der Waals surface area contributed by atoms with Gasteiger partial charge in [0.05, 0.1) is 11.9 Å². The first kappa shape index (κ1) is 15.9. The number of carbonyl (C=O) groups is 1. The van der Waals surface area contributed by atoms with Gasteiger partial charge in [-0.1, -0.05) is 12.1 Å². The number of hydrogen-bond acceptors (Lipinski definition) is 2. The second kappa shape index (κ2) is 6.66. The largest absolute Gasteiger partial charge is 0.337 e. The molecule has 0 aliphatic heterocycles. The van der Waals surface area contributed by atoms with Gasteiger partial charge in [0.1, 0.15) is 5.82 Å². The highest BCUT2D eigenvalue weighted by atomic mass is 19.1. The third-order valence-corrected chi connectivity index (χ3v) is 3.75. The number of hydrogen-bond donors (Lipinski definition) is 0. The van der Waals surface area contributed by atoms with Crippen LogP contribution in [0.5, 0.6) is 0 Å². The maximum Gasteiger partial charge on any atom is 0.253 e. The third-order valence-electron chi connectivity index (χ3n) is 3.75. The molecule has 3 aromatic rings. The van der Waals surface area contributed by atoms with Crippen molar-refractivity contribution in [3.8, 4) is 5.69 Å². The summed E-state index contributed by atoms with van der Waals surface area (Å²) in [5.74, 6) is -0.408. The Bertz CT molecular complexity index is 855. The first-order valence-electron chi connectivity index (χ1n) is 7.64. The second-order valence-corrected chi connectivity index (χ2v) is 5.80. The molecule has 1 amide bonds. The maximum absolute atomic E-state index is 13.2. The Labute approximate surface area is 140 Å². The number of amides is 1. The molecule has 0 unspecified atom stereocenters. The van der Waals surface area contributed by atoms with Gasteiger partial charge in [0, 0.05) is 25.4 Å². The number of nitrogens with zero attached hydrogens (tertiary/aromatic N) is 3. The summed E-state index contributed by atoms with van der Waals surface area (Å²) < 4.78 is 15.0. The van der Waals surface area contributed by atoms with E-state index in [9.17, 15) is 9.18 Å². The molecule has 0 saturated carbocycles. The summed E-state index contributed by atoms with van der Waals surface area (Å²) in [6.45, 7) is 2.33. The summed E-state index contributed by atoms with van der Waals surface area (Å²) in [6, 6.07) is 13.5. The molecule has 0 aliphatic carbocycles. The average molecular weight is 323 g/mol. The number of benzene rings is 2. The molecule has 4 nitrogen and oxygen atoms in total. The molecule has 0 saturated heterocycles. The molecule has 0 aliphatic rings. The average Bonchev–Trinajstić information content (AvgIpc) is 3.01. The van der Waals surface area contributed by atoms with Gasteiger partial charge in [0.2, 0.25) is 0 Å². The SMILES string of the molecule is Cc1cnn(-c2ccc(C(=O)N(C)Cc3cccc(F)c3)cc2)c1. The van der Waals surface area contributed by atoms with Crippen molar-refractivity contribution < 1.29 is 9.18 Å². The van der Waals surface area contributed by atoms with E-state index >= 15 is 0 Å². The van der Waals surface area contributed by atoms with Crippen LogP contribution in [-0.4, -0.2) is 27.6 Å². The maximum atomic E-state index is 13.2. The molecule has 1 aromatic heterocycles. The van der Waals surface area contributed by atoms with E-state index in [-0.39, 0.29) is 11.7 Å². The molecule has 24 heavy (non-hydrogen) atoms. The van der Waals surface area contributed by atoms with Gasteiger partial charge in [-0.25, -0.2) is 9.07 Å². The Morgan fingerprint density at radius 2 is 1.96 bits per heavy atom. The lowest BCUT2D eigenvalue weighted by Crippen LogP contribution is -2.26. The van der Waals surface area contributed by atoms with Gasteiger partial charge >= 0.3 is 0 Å². The minimum Gasteiger partial charge on any atom is -0.337 e. The molecular formula is C19H18FN3O. The van der Waals surface area contributed by atoms with Crippen molar-refractivity contribution in [3.63, 3.8) is 0 Å². The number of rotatable bonds is 4. The molecule has 3 rings (SSSR count). The van der Waals surface area contributed by atoms with E-state index in [4.69, 9.17) is 0 Å². The fraction of sp³-hybridized carbons (Fsp3) is 0.158. The van der Waals surface area contributed by atoms with Crippen LogP contribution in [-0.2, 0) is 6.54 Å². The predicted octanol–water partition coefficient (Wildman–Crippen LogP) is 3.59. The minimum atomic E-state index is -0.299. The summed E-state index contributed by atoms with van der Waals surface area (Å²) in [6.07, 6.45) is 3.71. The highest BCUT2D eigenvalue weighted by molar-refractivity contribution is 5.94. The Balaban J connectivity index is 1.72. The zero-order valence-electron chi connectivity index (χ0n) is 13.6. The van der Waals surface area contributed by atoms with Crippen LogP contribution in [0.4, 0.5) is 4.39 Å². The lowest BCUT2D eigenvalue weighted by Gasteiger charge is -2.17. The molecule has 122 valence electrons. The van der Waals surface area contributed by atoms with Gasteiger partial charge in [-0.15, -0.1) is 0 Å². The molecule has 1 heterocycles. The van der Waals surface area contributed by atoms with Crippen molar-refractivity contribution in [2.75, 3.05) is 7.05 Å². The van der Waals surface area contributed by atoms with Gasteiger partial charge in [-0.3, -0.25) is 4.79 Å². The summed E-state index contributed by atoms with van der Waals surface area (Å²) in [5.41, 5.74) is 3.31. The summed E-state index contributed by atoms with van der Waals surface area (Å²) in [5, 5.41) is 4.25. The Morgan fingerprint density at radius 3 is 2.58 bits per heavy atom. The van der Waals surface area contributed by atoms with Gasteiger partial charge in [0.25, 0.3) is 5.91 Å². The van der Waals surface area contributed by atoms with E-state index in [1.807, 2.05) is 25.3 Å². The van der Waals surface area contributed by atoms with Crippen LogP contribution in [0.3, 0.4) is 0 Å². The Morgan fingerprint density at radius 1 is 1.21 bits per heavy atom. The first-order chi connectivity index (χ1) is 11.5. The van der Waals surface area contributed by atoms with E-state index in [0.717, 1.165) is 16.8 Å². The topological polar surface area (TPSA) is 38.1 Å². The van der Waals surface area contributed by atoms with E-state index in [0.29, 0.717) is 12.1 Å². The van der Waals surface area contributed by atoms with Crippen LogP contribution in [0, 0.1) is 12.7 Å². The van der Waals surface area contributed by atoms with E-state index in [1.54, 1.807) is 47.1 Å². The van der Waals surface area contributed by atoms with Gasteiger partial charge in [-0.05, 0) is 54.4 Å². The number of aromatic nitrogens is 2. The molecule has 0 N–H and O–H groups in total. The molecule has 2 aromatic carbocycles. The van der Waals surface area contributed by atoms with Crippen molar-refractivity contribution in [3.05, 3.63) is 83.4 Å². The van der Waals surface area contributed by atoms with E-state index < -0.39 is 0 Å². The summed E-state index contributed by atoms with van der Waals surface area (Å²) >= 11 is 0. The Kier molecular flexibility index (Phi) is 4.42. The van der Waals surface area contributed by atoms with E-state index in [2.05, 4.69) is 5.10 Å². The fourth-order valence-electron chi connectivity index (χ4n) is 2.51. The van der Waals surface area contributed by atoms with Crippen LogP contribution in [0.25, 0.3) is 5.69 Å². The standard InChI is InChI=1S/C19H18FN3O/c1-14-11-21-23(12-14)18-8-6-16(7-9-18)19(24)22(2)13-15-4-3-5-17(20)10-15/h3-12H,13H2,1-2H3. The quantitative estimate of drug-likeness (QED) is 0.736. The van der Waals surface area contributed by atoms with Crippen LogP contribution < -0.4 is 0 Å². The van der Waals surface area contributed by atoms with Gasteiger partial charge < -0.3 is 4.90 Å². The minimum absolute atomic E-state index is 0.109. The molecule has 0 atom stereocenters. The number of aryl methyl sites for hydroxylation is 1. The molecule has 5 heteroatoms. The summed E-state index contributed by atoms with van der Waals surface area (Å²) in [7, 11) is 1.71. The van der Waals surface area contributed by atoms with Gasteiger partial charge in [0.15, 0.2) is 0 Å². The number of halogens is 1. The van der Waals surface area contributed by atoms with Crippen molar-refractivity contribution in [2.45, 2.75) is 13.5 Å². The van der Waals surface area contributed by atoms with Gasteiger partial charge in [-0.2, -0.15) is 5.10 Å². The molecule has 0 bridgehead atoms. The smallest absolute Gasteiger partial charge is 0.253 e.